The standard InChI is InChI=1S/C16H15F2NO2/c1-10-6-3-4-9-14(10)21-11(2)16(20)19-15-12(17)7-5-8-13(15)18/h3-9,11H,1-2H3,(H,19,20)/t11-/m1/s1. The molecule has 2 aromatic rings. The third kappa shape index (κ3) is 3.56. The van der Waals surface area contributed by atoms with Crippen molar-refractivity contribution in [3.63, 3.8) is 0 Å². The van der Waals surface area contributed by atoms with Gasteiger partial charge in [0.2, 0.25) is 0 Å². The number of carbonyl (C=O) groups excluding carboxylic acids is 1. The Balaban J connectivity index is 2.08. The molecule has 0 saturated heterocycles. The second-order valence-corrected chi connectivity index (χ2v) is 4.61. The zero-order valence-electron chi connectivity index (χ0n) is 11.7. The average molecular weight is 291 g/mol. The van der Waals surface area contributed by atoms with E-state index in [0.717, 1.165) is 17.7 Å². The summed E-state index contributed by atoms with van der Waals surface area (Å²) in [6.45, 7) is 3.36. The van der Waals surface area contributed by atoms with Crippen LogP contribution in [0.25, 0.3) is 0 Å². The van der Waals surface area contributed by atoms with E-state index in [1.165, 1.54) is 13.0 Å². The Labute approximate surface area is 121 Å². The first-order valence-electron chi connectivity index (χ1n) is 6.46. The lowest BCUT2D eigenvalue weighted by atomic mass is 10.2. The average Bonchev–Trinajstić information content (AvgIpc) is 2.45. The van der Waals surface area contributed by atoms with E-state index in [0.29, 0.717) is 5.75 Å². The zero-order valence-corrected chi connectivity index (χ0v) is 11.7. The van der Waals surface area contributed by atoms with Gasteiger partial charge in [0, 0.05) is 0 Å². The molecule has 0 heterocycles. The second kappa shape index (κ2) is 6.35. The number of nitrogens with one attached hydrogen (secondary N) is 1. The Kier molecular flexibility index (Phi) is 4.52. The van der Waals surface area contributed by atoms with Crippen molar-refractivity contribution in [2.24, 2.45) is 0 Å². The van der Waals surface area contributed by atoms with Crippen molar-refractivity contribution in [3.8, 4) is 5.75 Å². The van der Waals surface area contributed by atoms with Crippen LogP contribution < -0.4 is 10.1 Å². The van der Waals surface area contributed by atoms with Crippen molar-refractivity contribution in [1.82, 2.24) is 0 Å². The molecule has 0 bridgehead atoms. The molecule has 2 rings (SSSR count). The van der Waals surface area contributed by atoms with Crippen LogP contribution >= 0.6 is 0 Å². The van der Waals surface area contributed by atoms with Gasteiger partial charge in [0.05, 0.1) is 0 Å². The number of carbonyl (C=O) groups is 1. The minimum absolute atomic E-state index is 0.470. The number of ether oxygens (including phenoxy) is 1. The Morgan fingerprint density at radius 3 is 2.33 bits per heavy atom. The zero-order chi connectivity index (χ0) is 15.4. The van der Waals surface area contributed by atoms with E-state index >= 15 is 0 Å². The maximum absolute atomic E-state index is 13.5. The topological polar surface area (TPSA) is 38.3 Å². The first kappa shape index (κ1) is 15.0. The lowest BCUT2D eigenvalue weighted by Crippen LogP contribution is -2.31. The Morgan fingerprint density at radius 2 is 1.71 bits per heavy atom. The molecule has 0 aliphatic rings. The summed E-state index contributed by atoms with van der Waals surface area (Å²) in [5, 5.41) is 2.20. The van der Waals surface area contributed by atoms with Crippen LogP contribution in [0.5, 0.6) is 5.75 Å². The summed E-state index contributed by atoms with van der Waals surface area (Å²) in [7, 11) is 0. The lowest BCUT2D eigenvalue weighted by molar-refractivity contribution is -0.122. The highest BCUT2D eigenvalue weighted by atomic mass is 19.1. The summed E-state index contributed by atoms with van der Waals surface area (Å²) in [6.07, 6.45) is -0.884. The molecule has 21 heavy (non-hydrogen) atoms. The SMILES string of the molecule is Cc1ccccc1O[C@H](C)C(=O)Nc1c(F)cccc1F. The molecule has 0 fully saturated rings. The maximum Gasteiger partial charge on any atom is 0.265 e. The largest absolute Gasteiger partial charge is 0.481 e. The quantitative estimate of drug-likeness (QED) is 0.933. The van der Waals surface area contributed by atoms with Crippen LogP contribution in [-0.2, 0) is 4.79 Å². The first-order chi connectivity index (χ1) is 9.99. The summed E-state index contributed by atoms with van der Waals surface area (Å²) in [5.74, 6) is -1.73. The molecule has 0 saturated carbocycles. The van der Waals surface area contributed by atoms with Gasteiger partial charge >= 0.3 is 0 Å². The number of para-hydroxylation sites is 2. The summed E-state index contributed by atoms with van der Waals surface area (Å²) < 4.78 is 32.4. The number of halogens is 2. The third-order valence-corrected chi connectivity index (χ3v) is 2.98. The monoisotopic (exact) mass is 291 g/mol. The summed E-state index contributed by atoms with van der Waals surface area (Å²) in [6, 6.07) is 10.6. The van der Waals surface area contributed by atoms with E-state index in [1.54, 1.807) is 12.1 Å². The highest BCUT2D eigenvalue weighted by Gasteiger charge is 2.19. The number of benzene rings is 2. The van der Waals surface area contributed by atoms with Gasteiger partial charge in [-0.05, 0) is 37.6 Å². The van der Waals surface area contributed by atoms with Gasteiger partial charge in [-0.1, -0.05) is 24.3 Å². The highest BCUT2D eigenvalue weighted by molar-refractivity contribution is 5.94. The fourth-order valence-electron chi connectivity index (χ4n) is 1.77. The van der Waals surface area contributed by atoms with Crippen molar-refractivity contribution in [2.45, 2.75) is 20.0 Å². The second-order valence-electron chi connectivity index (χ2n) is 4.61. The van der Waals surface area contributed by atoms with Gasteiger partial charge in [-0.2, -0.15) is 0 Å². The van der Waals surface area contributed by atoms with E-state index in [2.05, 4.69) is 5.32 Å². The molecular weight excluding hydrogens is 276 g/mol. The van der Waals surface area contributed by atoms with E-state index in [4.69, 9.17) is 4.74 Å². The molecule has 0 aliphatic carbocycles. The van der Waals surface area contributed by atoms with Crippen LogP contribution in [0.1, 0.15) is 12.5 Å². The van der Waals surface area contributed by atoms with Gasteiger partial charge in [0.15, 0.2) is 6.10 Å². The van der Waals surface area contributed by atoms with Crippen LogP contribution in [-0.4, -0.2) is 12.0 Å². The number of rotatable bonds is 4. The van der Waals surface area contributed by atoms with Gasteiger partial charge in [0.1, 0.15) is 23.1 Å². The maximum atomic E-state index is 13.5. The van der Waals surface area contributed by atoms with Gasteiger partial charge < -0.3 is 10.1 Å². The number of aryl methyl sites for hydroxylation is 1. The summed E-state index contributed by atoms with van der Waals surface area (Å²) in [4.78, 5) is 12.0. The normalized spacial score (nSPS) is 11.8. The molecule has 1 atom stereocenters. The molecule has 3 nitrogen and oxygen atoms in total. The number of hydrogen-bond donors (Lipinski definition) is 1. The van der Waals surface area contributed by atoms with E-state index in [1.807, 2.05) is 19.1 Å². The fourth-order valence-corrected chi connectivity index (χ4v) is 1.77. The molecule has 1 amide bonds. The van der Waals surface area contributed by atoms with E-state index < -0.39 is 29.3 Å². The molecular formula is C16H15F2NO2. The minimum Gasteiger partial charge on any atom is -0.481 e. The van der Waals surface area contributed by atoms with Crippen LogP contribution in [0, 0.1) is 18.6 Å². The number of hydrogen-bond acceptors (Lipinski definition) is 2. The number of anilines is 1. The minimum atomic E-state index is -0.884. The predicted molar refractivity (Wildman–Crippen MR) is 76.3 cm³/mol. The van der Waals surface area contributed by atoms with Gasteiger partial charge in [-0.25, -0.2) is 8.78 Å². The van der Waals surface area contributed by atoms with Crippen LogP contribution in [0.15, 0.2) is 42.5 Å². The molecule has 0 aliphatic heterocycles. The predicted octanol–water partition coefficient (Wildman–Crippen LogP) is 3.68. The Hall–Kier alpha value is -2.43. The van der Waals surface area contributed by atoms with Crippen molar-refractivity contribution >= 4 is 11.6 Å². The molecule has 1 N–H and O–H groups in total. The molecule has 0 spiro atoms. The van der Waals surface area contributed by atoms with Crippen LogP contribution in [0.4, 0.5) is 14.5 Å². The number of amides is 1. The highest BCUT2D eigenvalue weighted by Crippen LogP contribution is 2.20. The molecule has 2 aromatic carbocycles. The van der Waals surface area contributed by atoms with Gasteiger partial charge in [-0.15, -0.1) is 0 Å². The summed E-state index contributed by atoms with van der Waals surface area (Å²) >= 11 is 0. The first-order valence-corrected chi connectivity index (χ1v) is 6.46. The smallest absolute Gasteiger partial charge is 0.265 e. The third-order valence-electron chi connectivity index (χ3n) is 2.98. The molecule has 0 unspecified atom stereocenters. The van der Waals surface area contributed by atoms with Crippen molar-refractivity contribution < 1.29 is 18.3 Å². The van der Waals surface area contributed by atoms with E-state index in [9.17, 15) is 13.6 Å². The van der Waals surface area contributed by atoms with Crippen LogP contribution in [0.3, 0.4) is 0 Å². The van der Waals surface area contributed by atoms with E-state index in [-0.39, 0.29) is 0 Å². The summed E-state index contributed by atoms with van der Waals surface area (Å²) in [5.41, 5.74) is 0.400. The van der Waals surface area contributed by atoms with Crippen molar-refractivity contribution in [3.05, 3.63) is 59.7 Å². The molecule has 0 aromatic heterocycles. The lowest BCUT2D eigenvalue weighted by Gasteiger charge is -2.16. The Morgan fingerprint density at radius 1 is 1.10 bits per heavy atom. The van der Waals surface area contributed by atoms with Crippen molar-refractivity contribution in [1.29, 1.82) is 0 Å². The van der Waals surface area contributed by atoms with Gasteiger partial charge in [0.25, 0.3) is 5.91 Å². The van der Waals surface area contributed by atoms with Crippen molar-refractivity contribution in [2.75, 3.05) is 5.32 Å². The molecule has 110 valence electrons. The molecule has 0 radical (unpaired) electrons. The Bertz CT molecular complexity index is 638. The van der Waals surface area contributed by atoms with Gasteiger partial charge in [-0.3, -0.25) is 4.79 Å². The fraction of sp³-hybridized carbons (Fsp3) is 0.188. The molecule has 5 heteroatoms. The van der Waals surface area contributed by atoms with Crippen LogP contribution in [0.2, 0.25) is 0 Å².